The van der Waals surface area contributed by atoms with Crippen LogP contribution in [0.25, 0.3) is 0 Å². The zero-order valence-corrected chi connectivity index (χ0v) is 21.4. The Morgan fingerprint density at radius 3 is 2.41 bits per heavy atom. The lowest BCUT2D eigenvalue weighted by molar-refractivity contribution is -0.137. The second-order valence-corrected chi connectivity index (χ2v) is 10.2. The number of nitrogens with zero attached hydrogens (tertiary/aromatic N) is 1. The second kappa shape index (κ2) is 13.7. The molecule has 202 valence electrons. The number of amides is 1. The Labute approximate surface area is 217 Å². The second-order valence-electron chi connectivity index (χ2n) is 9.41. The minimum atomic E-state index is -4.21. The van der Waals surface area contributed by atoms with E-state index in [1.54, 1.807) is 6.07 Å². The van der Waals surface area contributed by atoms with Gasteiger partial charge < -0.3 is 10.4 Å². The maximum atomic E-state index is 12.1. The number of carbonyl (C=O) groups is 1. The van der Waals surface area contributed by atoms with Crippen molar-refractivity contribution in [2.75, 3.05) is 13.1 Å². The highest BCUT2D eigenvalue weighted by molar-refractivity contribution is 7.71. The van der Waals surface area contributed by atoms with Gasteiger partial charge >= 0.3 is 6.18 Å². The molecule has 0 saturated carbocycles. The van der Waals surface area contributed by atoms with E-state index in [1.807, 2.05) is 0 Å². The predicted molar refractivity (Wildman–Crippen MR) is 136 cm³/mol. The molecular formula is C27H33F3N2O4S. The summed E-state index contributed by atoms with van der Waals surface area (Å²) in [6.45, 7) is 3.32. The Morgan fingerprint density at radius 2 is 1.78 bits per heavy atom. The highest BCUT2D eigenvalue weighted by Gasteiger charge is 2.29. The Bertz CT molecular complexity index is 1160. The van der Waals surface area contributed by atoms with Gasteiger partial charge in [0.05, 0.1) is 29.5 Å². The number of hydrogen-bond acceptors (Lipinski definition) is 5. The molecule has 1 saturated heterocycles. The van der Waals surface area contributed by atoms with Crippen molar-refractivity contribution in [3.63, 3.8) is 0 Å². The average Bonchev–Trinajstić information content (AvgIpc) is 2.84. The van der Waals surface area contributed by atoms with Crippen LogP contribution < -0.4 is 5.32 Å². The Kier molecular flexibility index (Phi) is 10.7. The number of piperidine rings is 1. The molecule has 1 aliphatic heterocycles. The van der Waals surface area contributed by atoms with E-state index in [0.29, 0.717) is 0 Å². The Hall–Kier alpha value is -2.69. The van der Waals surface area contributed by atoms with Gasteiger partial charge in [0, 0.05) is 6.54 Å². The number of hydrogen-bond donors (Lipinski definition) is 2. The van der Waals surface area contributed by atoms with Gasteiger partial charge in [-0.05, 0) is 61.9 Å². The normalized spacial score (nSPS) is 18.5. The summed E-state index contributed by atoms with van der Waals surface area (Å²) in [7, 11) is -2.47. The monoisotopic (exact) mass is 538 g/mol. The van der Waals surface area contributed by atoms with E-state index < -0.39 is 28.1 Å². The number of aliphatic hydroxyl groups is 1. The first kappa shape index (κ1) is 28.9. The number of aryl methyl sites for hydroxylation is 1. The lowest BCUT2D eigenvalue weighted by Gasteiger charge is -2.29. The van der Waals surface area contributed by atoms with Crippen LogP contribution in [0.1, 0.15) is 66.8 Å². The first-order chi connectivity index (χ1) is 17.6. The van der Waals surface area contributed by atoms with Crippen molar-refractivity contribution in [2.24, 2.45) is 0 Å². The third-order valence-electron chi connectivity index (χ3n) is 6.48. The van der Waals surface area contributed by atoms with E-state index in [0.717, 1.165) is 48.9 Å². The van der Waals surface area contributed by atoms with Gasteiger partial charge in [-0.15, -0.1) is 0 Å². The van der Waals surface area contributed by atoms with E-state index in [1.165, 1.54) is 55.6 Å². The van der Waals surface area contributed by atoms with E-state index in [9.17, 15) is 31.5 Å². The zero-order valence-electron chi connectivity index (χ0n) is 20.6. The molecule has 0 radical (unpaired) electrons. The van der Waals surface area contributed by atoms with E-state index in [-0.39, 0.29) is 18.4 Å². The third-order valence-corrected chi connectivity index (χ3v) is 7.01. The van der Waals surface area contributed by atoms with Crippen LogP contribution in [0.3, 0.4) is 0 Å². The smallest absolute Gasteiger partial charge is 0.387 e. The number of likely N-dealkylation sites (tertiary alicyclic amines) is 1. The van der Waals surface area contributed by atoms with Gasteiger partial charge in [0.25, 0.3) is 0 Å². The summed E-state index contributed by atoms with van der Waals surface area (Å²) in [6, 6.07) is 12.8. The molecular weight excluding hydrogens is 505 g/mol. The first-order valence-electron chi connectivity index (χ1n) is 12.5. The minimum absolute atomic E-state index is 0.0739. The van der Waals surface area contributed by atoms with Gasteiger partial charge in [-0.3, -0.25) is 9.69 Å². The van der Waals surface area contributed by atoms with Crippen LogP contribution in [0.15, 0.2) is 48.5 Å². The molecule has 2 aromatic rings. The van der Waals surface area contributed by atoms with Crippen molar-refractivity contribution >= 4 is 21.6 Å². The molecule has 37 heavy (non-hydrogen) atoms. The summed E-state index contributed by atoms with van der Waals surface area (Å²) in [6.07, 6.45) is 1.04. The number of fused-ring (bicyclic) bond motifs is 1. The van der Waals surface area contributed by atoms with Gasteiger partial charge in [0.2, 0.25) is 16.2 Å². The minimum Gasteiger partial charge on any atom is -0.387 e. The lowest BCUT2D eigenvalue weighted by Crippen LogP contribution is -2.33. The van der Waals surface area contributed by atoms with Crippen molar-refractivity contribution in [1.29, 1.82) is 0 Å². The highest BCUT2D eigenvalue weighted by Crippen LogP contribution is 2.31. The fourth-order valence-corrected chi connectivity index (χ4v) is 5.09. The molecule has 2 aromatic carbocycles. The summed E-state index contributed by atoms with van der Waals surface area (Å²) in [5.41, 5.74) is 3.15. The van der Waals surface area contributed by atoms with Crippen molar-refractivity contribution in [2.45, 2.75) is 69.8 Å². The van der Waals surface area contributed by atoms with Crippen LogP contribution in [0.5, 0.6) is 0 Å². The van der Waals surface area contributed by atoms with Crippen LogP contribution in [-0.4, -0.2) is 48.9 Å². The number of carbonyl (C=O) groups excluding carboxylic acids is 1. The van der Waals surface area contributed by atoms with Crippen molar-refractivity contribution in [3.8, 4) is 0 Å². The SMILES string of the molecule is FC(F)(F)c1ccccc1.O=C(CC(O)C=S(=O)=O)N[C@@H]1CCCc2cc(CN3CCCCC3)ccc21. The summed E-state index contributed by atoms with van der Waals surface area (Å²) >= 11 is 0. The molecule has 4 rings (SSSR count). The molecule has 1 aliphatic carbocycles. The topological polar surface area (TPSA) is 86.7 Å². The standard InChI is InChI=1S/C20H28N2O4S.C7H5F3/c23-17(14-27(25)26)12-20(24)21-19-6-4-5-16-11-15(7-8-18(16)19)13-22-9-2-1-3-10-22;8-7(9,10)6-4-2-1-3-5-6/h7-8,11,14,17,19,23H,1-6,9-10,12-13H2,(H,21,24);1-5H/t17?,19-;/m1./s1. The first-order valence-corrected chi connectivity index (χ1v) is 13.6. The quantitative estimate of drug-likeness (QED) is 0.536. The zero-order chi connectivity index (χ0) is 26.8. The molecule has 0 bridgehead atoms. The lowest BCUT2D eigenvalue weighted by atomic mass is 9.86. The molecule has 1 unspecified atom stereocenters. The number of benzene rings is 2. The van der Waals surface area contributed by atoms with Crippen LogP contribution in [-0.2, 0) is 34.2 Å². The fourth-order valence-electron chi connectivity index (χ4n) is 4.74. The summed E-state index contributed by atoms with van der Waals surface area (Å²) in [5, 5.41) is 13.3. The maximum absolute atomic E-state index is 12.1. The number of rotatable bonds is 6. The van der Waals surface area contributed by atoms with Gasteiger partial charge in [-0.25, -0.2) is 0 Å². The number of nitrogens with one attached hydrogen (secondary N) is 1. The molecule has 2 aliphatic rings. The van der Waals surface area contributed by atoms with Crippen LogP contribution in [0, 0.1) is 0 Å². The van der Waals surface area contributed by atoms with E-state index >= 15 is 0 Å². The van der Waals surface area contributed by atoms with Crippen molar-refractivity contribution < 1.29 is 31.5 Å². The van der Waals surface area contributed by atoms with Crippen molar-refractivity contribution in [3.05, 3.63) is 70.8 Å². The molecule has 0 spiro atoms. The van der Waals surface area contributed by atoms with Gasteiger partial charge in [-0.1, -0.05) is 55.0 Å². The fraction of sp³-hybridized carbons (Fsp3) is 0.481. The molecule has 2 atom stereocenters. The van der Waals surface area contributed by atoms with E-state index in [4.69, 9.17) is 0 Å². The molecule has 1 heterocycles. The largest absolute Gasteiger partial charge is 0.416 e. The molecule has 10 heteroatoms. The Balaban J connectivity index is 0.000000319. The molecule has 1 amide bonds. The summed E-state index contributed by atoms with van der Waals surface area (Å²) < 4.78 is 56.5. The summed E-state index contributed by atoms with van der Waals surface area (Å²) in [5.74, 6) is -0.334. The van der Waals surface area contributed by atoms with Gasteiger partial charge in [0.1, 0.15) is 0 Å². The maximum Gasteiger partial charge on any atom is 0.416 e. The number of aliphatic hydroxyl groups excluding tert-OH is 1. The third kappa shape index (κ3) is 9.60. The Morgan fingerprint density at radius 1 is 1.08 bits per heavy atom. The predicted octanol–water partition coefficient (Wildman–Crippen LogP) is 4.30. The van der Waals surface area contributed by atoms with Crippen molar-refractivity contribution in [1.82, 2.24) is 10.2 Å². The highest BCUT2D eigenvalue weighted by atomic mass is 32.2. The van der Waals surface area contributed by atoms with Crippen LogP contribution in [0.4, 0.5) is 13.2 Å². The summed E-state index contributed by atoms with van der Waals surface area (Å²) in [4.78, 5) is 14.6. The van der Waals surface area contributed by atoms with E-state index in [2.05, 4.69) is 28.4 Å². The average molecular weight is 539 g/mol. The number of alkyl halides is 3. The van der Waals surface area contributed by atoms with Crippen LogP contribution in [0.2, 0.25) is 0 Å². The molecule has 6 nitrogen and oxygen atoms in total. The van der Waals surface area contributed by atoms with Gasteiger partial charge in [0.15, 0.2) is 0 Å². The molecule has 0 aromatic heterocycles. The molecule has 1 fully saturated rings. The molecule has 2 N–H and O–H groups in total. The van der Waals surface area contributed by atoms with Gasteiger partial charge in [-0.2, -0.15) is 21.6 Å². The van der Waals surface area contributed by atoms with Crippen LogP contribution >= 0.6 is 0 Å². The number of halogens is 3.